The average Bonchev–Trinajstić information content (AvgIpc) is 3.00. The van der Waals surface area contributed by atoms with Gasteiger partial charge in [0.05, 0.1) is 0 Å². The number of aliphatic carboxylic acids is 1. The first-order valence-electron chi connectivity index (χ1n) is 17.9. The van der Waals surface area contributed by atoms with Crippen LogP contribution in [0.15, 0.2) is 0 Å². The normalized spacial score (nSPS) is 11.5. The van der Waals surface area contributed by atoms with Crippen LogP contribution in [0, 0.1) is 0 Å². The molecule has 43 heavy (non-hydrogen) atoms. The van der Waals surface area contributed by atoms with Gasteiger partial charge in [-0.2, -0.15) is 0 Å². The van der Waals surface area contributed by atoms with E-state index in [1.165, 1.54) is 57.8 Å². The minimum absolute atomic E-state index is 0.284. The Balaban J connectivity index is 3.03. The van der Waals surface area contributed by atoms with Gasteiger partial charge in [0.2, 0.25) is 0 Å². The van der Waals surface area contributed by atoms with Gasteiger partial charge in [-0.25, -0.2) is 0 Å². The van der Waals surface area contributed by atoms with Crippen molar-refractivity contribution in [3.8, 4) is 0 Å². The van der Waals surface area contributed by atoms with Gasteiger partial charge < -0.3 is 53.0 Å². The Morgan fingerprint density at radius 2 is 0.581 bits per heavy atom. The first-order chi connectivity index (χ1) is 21.3. The molecule has 0 saturated heterocycles. The van der Waals surface area contributed by atoms with Crippen molar-refractivity contribution in [2.75, 3.05) is 118 Å². The number of likely N-dealkylation sites (N-methyl/N-ethyl adjacent to an activating group) is 1. The summed E-state index contributed by atoms with van der Waals surface area (Å²) in [6.45, 7) is 21.2. The van der Waals surface area contributed by atoms with E-state index in [-0.39, 0.29) is 6.42 Å². The van der Waals surface area contributed by atoms with E-state index in [2.05, 4.69) is 54.8 Å². The van der Waals surface area contributed by atoms with Crippen molar-refractivity contribution >= 4 is 5.97 Å². The second-order valence-electron chi connectivity index (χ2n) is 11.4. The molecule has 0 aromatic rings. The van der Waals surface area contributed by atoms with Crippen molar-refractivity contribution in [1.82, 2.24) is 47.9 Å². The molecule has 10 N–H and O–H groups in total. The molecule has 11 nitrogen and oxygen atoms in total. The molecule has 0 heterocycles. The predicted molar refractivity (Wildman–Crippen MR) is 185 cm³/mol. The Labute approximate surface area is 265 Å². The first kappa shape index (κ1) is 42.1. The minimum Gasteiger partial charge on any atom is -0.481 e. The molecule has 0 bridgehead atoms. The molecule has 0 saturated carbocycles. The molecule has 0 amide bonds. The van der Waals surface area contributed by atoms with Crippen LogP contribution in [0.25, 0.3) is 0 Å². The van der Waals surface area contributed by atoms with E-state index in [4.69, 9.17) is 5.11 Å². The van der Waals surface area contributed by atoms with Crippen LogP contribution in [-0.4, -0.2) is 129 Å². The van der Waals surface area contributed by atoms with Crippen LogP contribution in [0.5, 0.6) is 0 Å². The molecule has 0 aliphatic heterocycles. The van der Waals surface area contributed by atoms with Crippen LogP contribution in [0.1, 0.15) is 84.0 Å². The quantitative estimate of drug-likeness (QED) is 0.0454. The Bertz CT molecular complexity index is 533. The maximum Gasteiger partial charge on any atom is 0.303 e. The summed E-state index contributed by atoms with van der Waals surface area (Å²) in [4.78, 5) is 10.4. The first-order valence-corrected chi connectivity index (χ1v) is 17.9. The maximum atomic E-state index is 10.4. The number of nitrogens with one attached hydrogen (secondary N) is 9. The fraction of sp³-hybridized carbons (Fsp3) is 0.969. The van der Waals surface area contributed by atoms with Crippen LogP contribution < -0.4 is 47.9 Å². The summed E-state index contributed by atoms with van der Waals surface area (Å²) in [6.07, 6.45) is 13.3. The number of carboxylic acids is 1. The molecule has 258 valence electrons. The van der Waals surface area contributed by atoms with E-state index in [0.29, 0.717) is 0 Å². The highest BCUT2D eigenvalue weighted by molar-refractivity contribution is 5.66. The van der Waals surface area contributed by atoms with Crippen molar-refractivity contribution in [1.29, 1.82) is 0 Å². The third-order valence-corrected chi connectivity index (χ3v) is 7.26. The van der Waals surface area contributed by atoms with Gasteiger partial charge in [-0.05, 0) is 104 Å². The smallest absolute Gasteiger partial charge is 0.303 e. The molecular formula is C32H73N9O2. The molecule has 0 aromatic carbocycles. The highest BCUT2D eigenvalue weighted by Gasteiger charge is 1.97. The van der Waals surface area contributed by atoms with Crippen molar-refractivity contribution in [2.45, 2.75) is 84.0 Å². The molecule has 0 aliphatic carbocycles. The van der Waals surface area contributed by atoms with Crippen molar-refractivity contribution in [3.63, 3.8) is 0 Å². The second kappa shape index (κ2) is 39.1. The number of hydrogen-bond donors (Lipinski definition) is 10. The fourth-order valence-corrected chi connectivity index (χ4v) is 4.62. The van der Waals surface area contributed by atoms with Crippen LogP contribution in [0.2, 0.25) is 0 Å². The Hall–Kier alpha value is -0.890. The third-order valence-electron chi connectivity index (χ3n) is 7.26. The molecule has 0 unspecified atom stereocenters. The van der Waals surface area contributed by atoms with Crippen LogP contribution >= 0.6 is 0 Å². The summed E-state index contributed by atoms with van der Waals surface area (Å²) >= 11 is 0. The van der Waals surface area contributed by atoms with Gasteiger partial charge in [0.25, 0.3) is 0 Å². The summed E-state index contributed by atoms with van der Waals surface area (Å²) in [5.74, 6) is -0.695. The van der Waals surface area contributed by atoms with Gasteiger partial charge in [0.1, 0.15) is 0 Å². The van der Waals surface area contributed by atoms with E-state index in [0.717, 1.165) is 131 Å². The summed E-state index contributed by atoms with van der Waals surface area (Å²) in [6, 6.07) is 0. The molecule has 0 spiro atoms. The van der Waals surface area contributed by atoms with Crippen LogP contribution in [0.3, 0.4) is 0 Å². The largest absolute Gasteiger partial charge is 0.481 e. The number of carboxylic acid groups (broad SMARTS) is 1. The molecule has 0 aliphatic rings. The number of unbranched alkanes of at least 4 members (excludes halogenated alkanes) is 7. The highest BCUT2D eigenvalue weighted by Crippen LogP contribution is 1.96. The summed E-state index contributed by atoms with van der Waals surface area (Å²) in [7, 11) is 0. The SMILES string of the molecule is CCNCCNCCCCCNCCNCCNCCCCCNCCNCCNCCCCCNCCCCC(=O)O. The summed E-state index contributed by atoms with van der Waals surface area (Å²) < 4.78 is 0. The van der Waals surface area contributed by atoms with E-state index >= 15 is 0 Å². The van der Waals surface area contributed by atoms with E-state index in [1.807, 2.05) is 0 Å². The molecule has 0 rings (SSSR count). The van der Waals surface area contributed by atoms with Crippen LogP contribution in [0.4, 0.5) is 0 Å². The fourth-order valence-electron chi connectivity index (χ4n) is 4.62. The molecule has 0 aromatic heterocycles. The molecular weight excluding hydrogens is 542 g/mol. The van der Waals surface area contributed by atoms with Crippen molar-refractivity contribution in [2.24, 2.45) is 0 Å². The van der Waals surface area contributed by atoms with Gasteiger partial charge in [0.15, 0.2) is 0 Å². The Kier molecular flexibility index (Phi) is 38.3. The van der Waals surface area contributed by atoms with E-state index < -0.39 is 5.97 Å². The second-order valence-corrected chi connectivity index (χ2v) is 11.4. The van der Waals surface area contributed by atoms with Crippen LogP contribution in [-0.2, 0) is 4.79 Å². The van der Waals surface area contributed by atoms with Gasteiger partial charge in [-0.3, -0.25) is 4.79 Å². The third kappa shape index (κ3) is 41.1. The monoisotopic (exact) mass is 616 g/mol. The van der Waals surface area contributed by atoms with Gasteiger partial charge in [-0.15, -0.1) is 0 Å². The summed E-state index contributed by atoms with van der Waals surface area (Å²) in [5, 5.41) is 40.0. The van der Waals surface area contributed by atoms with Gasteiger partial charge in [-0.1, -0.05) is 26.2 Å². The standard InChI is InChI=1S/C32H73N9O2/c1-2-33-22-23-35-16-9-4-10-18-37-25-29-41-31-27-39-20-12-5-11-19-38-26-30-40-28-24-36-17-8-3-7-15-34-21-13-6-14-32(42)43/h33-41H,2-31H2,1H3,(H,42,43). The molecule has 0 atom stereocenters. The lowest BCUT2D eigenvalue weighted by Gasteiger charge is -2.09. The number of rotatable bonds is 39. The highest BCUT2D eigenvalue weighted by atomic mass is 16.4. The number of carbonyl (C=O) groups is 1. The zero-order chi connectivity index (χ0) is 31.2. The molecule has 0 radical (unpaired) electrons. The van der Waals surface area contributed by atoms with Crippen molar-refractivity contribution in [3.05, 3.63) is 0 Å². The zero-order valence-electron chi connectivity index (χ0n) is 28.1. The van der Waals surface area contributed by atoms with Crippen molar-refractivity contribution < 1.29 is 9.90 Å². The Morgan fingerprint density at radius 3 is 0.860 bits per heavy atom. The lowest BCUT2D eigenvalue weighted by Crippen LogP contribution is -2.33. The topological polar surface area (TPSA) is 146 Å². The van der Waals surface area contributed by atoms with E-state index in [9.17, 15) is 4.79 Å². The molecule has 11 heteroatoms. The van der Waals surface area contributed by atoms with Gasteiger partial charge in [0, 0.05) is 71.9 Å². The lowest BCUT2D eigenvalue weighted by molar-refractivity contribution is -0.137. The van der Waals surface area contributed by atoms with Gasteiger partial charge >= 0.3 is 5.97 Å². The predicted octanol–water partition coefficient (Wildman–Crippen LogP) is 1.08. The average molecular weight is 616 g/mol. The minimum atomic E-state index is -0.695. The Morgan fingerprint density at radius 1 is 0.349 bits per heavy atom. The van der Waals surface area contributed by atoms with E-state index in [1.54, 1.807) is 0 Å². The lowest BCUT2D eigenvalue weighted by atomic mass is 10.2. The molecule has 0 fully saturated rings. The number of hydrogen-bond acceptors (Lipinski definition) is 10. The zero-order valence-corrected chi connectivity index (χ0v) is 28.1. The maximum absolute atomic E-state index is 10.4. The summed E-state index contributed by atoms with van der Waals surface area (Å²) in [5.41, 5.74) is 0.